The van der Waals surface area contributed by atoms with Crippen LogP contribution in [0.25, 0.3) is 10.8 Å². The predicted molar refractivity (Wildman–Crippen MR) is 131 cm³/mol. The van der Waals surface area contributed by atoms with Gasteiger partial charge in [0.1, 0.15) is 12.4 Å². The Morgan fingerprint density at radius 3 is 2.70 bits per heavy atom. The maximum absolute atomic E-state index is 13.1. The summed E-state index contributed by atoms with van der Waals surface area (Å²) in [6.07, 6.45) is 5.55. The van der Waals surface area contributed by atoms with E-state index in [2.05, 4.69) is 24.1 Å². The Kier molecular flexibility index (Phi) is 9.31. The zero-order valence-electron chi connectivity index (χ0n) is 20.0. The first kappa shape index (κ1) is 24.8. The van der Waals surface area contributed by atoms with Crippen LogP contribution in [0.4, 0.5) is 0 Å². The molecule has 2 aromatic rings. The molecule has 6 heteroatoms. The minimum atomic E-state index is -0.202. The van der Waals surface area contributed by atoms with Crippen molar-refractivity contribution in [3.63, 3.8) is 0 Å². The topological polar surface area (TPSA) is 67.9 Å². The zero-order chi connectivity index (χ0) is 23.6. The van der Waals surface area contributed by atoms with Crippen LogP contribution in [0.5, 0.6) is 5.75 Å². The van der Waals surface area contributed by atoms with Crippen molar-refractivity contribution in [2.24, 2.45) is 0 Å². The number of carbonyl (C=O) groups excluding carboxylic acids is 2. The Labute approximate surface area is 196 Å². The molecule has 0 bridgehead atoms. The Morgan fingerprint density at radius 2 is 1.94 bits per heavy atom. The smallest absolute Gasteiger partial charge is 0.305 e. The first-order valence-electron chi connectivity index (χ1n) is 11.9. The lowest BCUT2D eigenvalue weighted by Gasteiger charge is -2.21. The third-order valence-electron chi connectivity index (χ3n) is 6.16. The fraction of sp³-hybridized carbons (Fsp3) is 0.481. The second-order valence-electron chi connectivity index (χ2n) is 8.86. The number of benzene rings is 2. The summed E-state index contributed by atoms with van der Waals surface area (Å²) >= 11 is 0. The van der Waals surface area contributed by atoms with Crippen LogP contribution in [0, 0.1) is 0 Å². The van der Waals surface area contributed by atoms with E-state index < -0.39 is 0 Å². The van der Waals surface area contributed by atoms with Crippen LogP contribution in [-0.2, 0) is 14.3 Å². The number of hydrogen-bond donors (Lipinski definition) is 1. The second kappa shape index (κ2) is 12.4. The fourth-order valence-corrected chi connectivity index (χ4v) is 4.14. The SMILES string of the molecule is COC(=O)CCCC/C=C(\COc1cccc2ccccc12)C(=O)NC1CCN(C(C)C)C1. The van der Waals surface area contributed by atoms with Gasteiger partial charge in [0, 0.05) is 37.0 Å². The molecule has 0 aromatic heterocycles. The lowest BCUT2D eigenvalue weighted by Crippen LogP contribution is -2.39. The highest BCUT2D eigenvalue weighted by Gasteiger charge is 2.26. The molecule has 0 spiro atoms. The maximum Gasteiger partial charge on any atom is 0.305 e. The number of fused-ring (bicyclic) bond motifs is 1. The van der Waals surface area contributed by atoms with Crippen LogP contribution in [-0.4, -0.2) is 55.7 Å². The highest BCUT2D eigenvalue weighted by atomic mass is 16.5. The molecule has 1 aliphatic heterocycles. The number of nitrogens with zero attached hydrogens (tertiary/aromatic N) is 1. The number of rotatable bonds is 11. The molecule has 1 atom stereocenters. The zero-order valence-corrected chi connectivity index (χ0v) is 20.0. The van der Waals surface area contributed by atoms with Crippen LogP contribution < -0.4 is 10.1 Å². The Morgan fingerprint density at radius 1 is 1.15 bits per heavy atom. The lowest BCUT2D eigenvalue weighted by molar-refractivity contribution is -0.140. The summed E-state index contributed by atoms with van der Waals surface area (Å²) in [5, 5.41) is 5.34. The molecule has 2 aromatic carbocycles. The van der Waals surface area contributed by atoms with Gasteiger partial charge < -0.3 is 14.8 Å². The van der Waals surface area contributed by atoms with Crippen molar-refractivity contribution in [1.82, 2.24) is 10.2 Å². The van der Waals surface area contributed by atoms with Crippen LogP contribution in [0.1, 0.15) is 46.0 Å². The van der Waals surface area contributed by atoms with Gasteiger partial charge in [-0.05, 0) is 51.0 Å². The number of unbranched alkanes of at least 4 members (excludes halogenated alkanes) is 2. The van der Waals surface area contributed by atoms with E-state index in [9.17, 15) is 9.59 Å². The summed E-state index contributed by atoms with van der Waals surface area (Å²) in [6.45, 7) is 6.45. The summed E-state index contributed by atoms with van der Waals surface area (Å²) in [5.41, 5.74) is 0.629. The summed E-state index contributed by atoms with van der Waals surface area (Å²) in [6, 6.07) is 14.6. The van der Waals surface area contributed by atoms with Gasteiger partial charge >= 0.3 is 5.97 Å². The number of carbonyl (C=O) groups is 2. The molecule has 6 nitrogen and oxygen atoms in total. The standard InChI is InChI=1S/C27H36N2O4/c1-20(2)29-17-16-23(18-29)28-27(31)22(11-5-4-6-15-26(30)32-3)19-33-25-14-9-12-21-10-7-8-13-24(21)25/h7-14,20,23H,4-6,15-19H2,1-3H3,(H,28,31)/b22-11+. The van der Waals surface area contributed by atoms with Crippen molar-refractivity contribution in [1.29, 1.82) is 0 Å². The number of nitrogens with one attached hydrogen (secondary N) is 1. The molecule has 0 radical (unpaired) electrons. The number of likely N-dealkylation sites (tertiary alicyclic amines) is 1. The molecular weight excluding hydrogens is 416 g/mol. The third kappa shape index (κ3) is 7.32. The summed E-state index contributed by atoms with van der Waals surface area (Å²) < 4.78 is 10.8. The van der Waals surface area contributed by atoms with Gasteiger partial charge in [-0.3, -0.25) is 14.5 Å². The largest absolute Gasteiger partial charge is 0.488 e. The van der Waals surface area contributed by atoms with Gasteiger partial charge in [0.25, 0.3) is 5.91 Å². The molecule has 1 unspecified atom stereocenters. The van der Waals surface area contributed by atoms with E-state index >= 15 is 0 Å². The van der Waals surface area contributed by atoms with Gasteiger partial charge in [-0.25, -0.2) is 0 Å². The molecule has 0 aliphatic carbocycles. The maximum atomic E-state index is 13.1. The highest BCUT2D eigenvalue weighted by Crippen LogP contribution is 2.25. The number of ether oxygens (including phenoxy) is 2. The minimum absolute atomic E-state index is 0.0705. The van der Waals surface area contributed by atoms with E-state index in [0.29, 0.717) is 24.5 Å². The Hall–Kier alpha value is -2.86. The van der Waals surface area contributed by atoms with E-state index in [1.165, 1.54) is 7.11 Å². The molecule has 1 N–H and O–H groups in total. The van der Waals surface area contributed by atoms with Crippen LogP contribution in [0.2, 0.25) is 0 Å². The van der Waals surface area contributed by atoms with Crippen LogP contribution >= 0.6 is 0 Å². The van der Waals surface area contributed by atoms with Crippen molar-refractivity contribution in [2.45, 2.75) is 58.0 Å². The van der Waals surface area contributed by atoms with E-state index in [1.54, 1.807) is 0 Å². The second-order valence-corrected chi connectivity index (χ2v) is 8.86. The van der Waals surface area contributed by atoms with E-state index in [0.717, 1.165) is 48.9 Å². The first-order valence-corrected chi connectivity index (χ1v) is 11.9. The fourth-order valence-electron chi connectivity index (χ4n) is 4.14. The van der Waals surface area contributed by atoms with Crippen molar-refractivity contribution in [3.8, 4) is 5.75 Å². The molecule has 33 heavy (non-hydrogen) atoms. The third-order valence-corrected chi connectivity index (χ3v) is 6.16. The van der Waals surface area contributed by atoms with Gasteiger partial charge in [-0.1, -0.05) is 42.5 Å². The normalized spacial score (nSPS) is 16.8. The summed E-state index contributed by atoms with van der Waals surface area (Å²) in [5.74, 6) is 0.496. The Bertz CT molecular complexity index is 964. The van der Waals surface area contributed by atoms with Crippen molar-refractivity contribution < 1.29 is 19.1 Å². The Balaban J connectivity index is 1.64. The number of esters is 1. The molecule has 1 fully saturated rings. The highest BCUT2D eigenvalue weighted by molar-refractivity contribution is 5.94. The predicted octanol–water partition coefficient (Wildman–Crippen LogP) is 4.48. The monoisotopic (exact) mass is 452 g/mol. The van der Waals surface area contributed by atoms with Gasteiger partial charge in [-0.2, -0.15) is 0 Å². The molecule has 3 rings (SSSR count). The van der Waals surface area contributed by atoms with Crippen molar-refractivity contribution in [3.05, 3.63) is 54.1 Å². The van der Waals surface area contributed by atoms with Crippen molar-refractivity contribution >= 4 is 22.6 Å². The number of allylic oxidation sites excluding steroid dienone is 1. The average molecular weight is 453 g/mol. The lowest BCUT2D eigenvalue weighted by atomic mass is 10.1. The number of amides is 1. The van der Waals surface area contributed by atoms with Crippen LogP contribution in [0.15, 0.2) is 54.1 Å². The quantitative estimate of drug-likeness (QED) is 0.309. The number of hydrogen-bond acceptors (Lipinski definition) is 5. The van der Waals surface area contributed by atoms with E-state index in [4.69, 9.17) is 9.47 Å². The van der Waals surface area contributed by atoms with Crippen LogP contribution in [0.3, 0.4) is 0 Å². The first-order chi connectivity index (χ1) is 16.0. The number of methoxy groups -OCH3 is 1. The van der Waals surface area contributed by atoms with E-state index in [-0.39, 0.29) is 24.5 Å². The molecule has 0 saturated carbocycles. The summed E-state index contributed by atoms with van der Waals surface area (Å²) in [4.78, 5) is 26.8. The summed E-state index contributed by atoms with van der Waals surface area (Å²) in [7, 11) is 1.40. The molecule has 1 heterocycles. The molecule has 1 saturated heterocycles. The average Bonchev–Trinajstić information content (AvgIpc) is 3.29. The molecular formula is C27H36N2O4. The minimum Gasteiger partial charge on any atom is -0.488 e. The molecule has 178 valence electrons. The van der Waals surface area contributed by atoms with Gasteiger partial charge in [-0.15, -0.1) is 0 Å². The van der Waals surface area contributed by atoms with Gasteiger partial charge in [0.15, 0.2) is 0 Å². The molecule has 1 aliphatic rings. The molecule has 1 amide bonds. The van der Waals surface area contributed by atoms with Gasteiger partial charge in [0.2, 0.25) is 0 Å². The van der Waals surface area contributed by atoms with Crippen molar-refractivity contribution in [2.75, 3.05) is 26.8 Å². The van der Waals surface area contributed by atoms with E-state index in [1.807, 2.05) is 48.5 Å². The van der Waals surface area contributed by atoms with Gasteiger partial charge in [0.05, 0.1) is 12.7 Å².